The Morgan fingerprint density at radius 2 is 1.97 bits per heavy atom. The molecule has 1 heterocycles. The summed E-state index contributed by atoms with van der Waals surface area (Å²) in [6.07, 6.45) is -4.25. The normalized spacial score (nSPS) is 12.0. The van der Waals surface area contributed by atoms with E-state index in [2.05, 4.69) is 26.0 Å². The van der Waals surface area contributed by atoms with Crippen molar-refractivity contribution in [3.05, 3.63) is 56.4 Å². The SMILES string of the molecule is COCCNS(=O)(=O)c1ccc(Br)c(C(=O)Nc2cc(C(F)(F)F)c[nH]c2=O)c1. The molecule has 8 nitrogen and oxygen atoms in total. The van der Waals surface area contributed by atoms with E-state index in [-0.39, 0.29) is 28.1 Å². The summed E-state index contributed by atoms with van der Waals surface area (Å²) < 4.78 is 70.2. The maximum Gasteiger partial charge on any atom is 0.417 e. The predicted molar refractivity (Wildman–Crippen MR) is 101 cm³/mol. The molecule has 13 heteroatoms. The van der Waals surface area contributed by atoms with Crippen LogP contribution in [0, 0.1) is 0 Å². The first-order valence-electron chi connectivity index (χ1n) is 7.85. The first-order chi connectivity index (χ1) is 13.5. The lowest BCUT2D eigenvalue weighted by atomic mass is 10.2. The third-order valence-electron chi connectivity index (χ3n) is 3.57. The summed E-state index contributed by atoms with van der Waals surface area (Å²) in [5, 5.41) is 2.06. The van der Waals surface area contributed by atoms with Crippen molar-refractivity contribution in [1.29, 1.82) is 0 Å². The molecular formula is C16H15BrF3N3O5S. The van der Waals surface area contributed by atoms with Gasteiger partial charge in [0.25, 0.3) is 11.5 Å². The van der Waals surface area contributed by atoms with Crippen molar-refractivity contribution in [2.75, 3.05) is 25.6 Å². The Morgan fingerprint density at radius 1 is 1.28 bits per heavy atom. The number of hydrogen-bond donors (Lipinski definition) is 3. The molecule has 0 atom stereocenters. The van der Waals surface area contributed by atoms with Gasteiger partial charge in [0, 0.05) is 24.3 Å². The number of benzene rings is 1. The molecule has 1 aromatic carbocycles. The summed E-state index contributed by atoms with van der Waals surface area (Å²) >= 11 is 3.08. The van der Waals surface area contributed by atoms with Gasteiger partial charge in [-0.25, -0.2) is 13.1 Å². The molecule has 0 aliphatic carbocycles. The first kappa shape index (κ1) is 23.1. The van der Waals surface area contributed by atoms with Crippen LogP contribution in [-0.2, 0) is 20.9 Å². The second-order valence-electron chi connectivity index (χ2n) is 5.62. The molecule has 1 aromatic heterocycles. The van der Waals surface area contributed by atoms with Crippen molar-refractivity contribution in [2.45, 2.75) is 11.1 Å². The number of carbonyl (C=O) groups is 1. The molecule has 3 N–H and O–H groups in total. The van der Waals surface area contributed by atoms with Crippen LogP contribution in [0.5, 0.6) is 0 Å². The largest absolute Gasteiger partial charge is 0.417 e. The van der Waals surface area contributed by atoms with E-state index in [0.29, 0.717) is 12.3 Å². The number of alkyl halides is 3. The summed E-state index contributed by atoms with van der Waals surface area (Å²) in [5.74, 6) is -0.976. The quantitative estimate of drug-likeness (QED) is 0.507. The molecule has 0 saturated carbocycles. The Balaban J connectivity index is 2.34. The maximum absolute atomic E-state index is 12.8. The van der Waals surface area contributed by atoms with Gasteiger partial charge in [0.2, 0.25) is 10.0 Å². The first-order valence-corrected chi connectivity index (χ1v) is 10.1. The van der Waals surface area contributed by atoms with E-state index in [1.165, 1.54) is 19.2 Å². The third kappa shape index (κ3) is 5.88. The number of sulfonamides is 1. The summed E-state index contributed by atoms with van der Waals surface area (Å²) in [6, 6.07) is 4.02. The third-order valence-corrected chi connectivity index (χ3v) is 5.72. The Bertz CT molecular complexity index is 1070. The number of pyridine rings is 1. The zero-order valence-electron chi connectivity index (χ0n) is 14.8. The number of ether oxygens (including phenoxy) is 1. The minimum atomic E-state index is -4.73. The summed E-state index contributed by atoms with van der Waals surface area (Å²) in [7, 11) is -2.57. The molecule has 0 saturated heterocycles. The smallest absolute Gasteiger partial charge is 0.383 e. The topological polar surface area (TPSA) is 117 Å². The highest BCUT2D eigenvalue weighted by Gasteiger charge is 2.31. The van der Waals surface area contributed by atoms with E-state index < -0.39 is 38.9 Å². The van der Waals surface area contributed by atoms with E-state index in [1.807, 2.05) is 4.98 Å². The second-order valence-corrected chi connectivity index (χ2v) is 8.24. The molecule has 29 heavy (non-hydrogen) atoms. The van der Waals surface area contributed by atoms with E-state index in [0.717, 1.165) is 6.07 Å². The standard InChI is InChI=1S/C16H15BrF3N3O5S/c1-28-5-4-22-29(26,27)10-2-3-12(17)11(7-10)14(24)23-13-6-9(16(18,19)20)8-21-15(13)25/h2-3,6-8,22H,4-5H2,1H3,(H,21,25)(H,23,24). The van der Waals surface area contributed by atoms with Gasteiger partial charge in [-0.2, -0.15) is 13.2 Å². The number of hydrogen-bond acceptors (Lipinski definition) is 5. The lowest BCUT2D eigenvalue weighted by molar-refractivity contribution is -0.137. The van der Waals surface area contributed by atoms with Crippen LogP contribution in [0.4, 0.5) is 18.9 Å². The van der Waals surface area contributed by atoms with E-state index in [9.17, 15) is 31.2 Å². The molecule has 0 aliphatic heterocycles. The van der Waals surface area contributed by atoms with Crippen LogP contribution in [0.2, 0.25) is 0 Å². The van der Waals surface area contributed by atoms with Gasteiger partial charge in [-0.3, -0.25) is 9.59 Å². The molecule has 0 aliphatic rings. The number of anilines is 1. The van der Waals surface area contributed by atoms with Crippen LogP contribution in [0.15, 0.2) is 44.6 Å². The minimum Gasteiger partial charge on any atom is -0.383 e. The number of aromatic amines is 1. The monoisotopic (exact) mass is 497 g/mol. The zero-order chi connectivity index (χ0) is 21.8. The minimum absolute atomic E-state index is 0.00393. The van der Waals surface area contributed by atoms with Crippen LogP contribution in [0.25, 0.3) is 0 Å². The second kappa shape index (κ2) is 9.07. The fraction of sp³-hybridized carbons (Fsp3) is 0.250. The van der Waals surface area contributed by atoms with Crippen molar-refractivity contribution in [3.63, 3.8) is 0 Å². The Hall–Kier alpha value is -2.22. The summed E-state index contributed by atoms with van der Waals surface area (Å²) in [6.45, 7) is 0.122. The van der Waals surface area contributed by atoms with Crippen molar-refractivity contribution >= 4 is 37.5 Å². The van der Waals surface area contributed by atoms with E-state index in [1.54, 1.807) is 0 Å². The van der Waals surface area contributed by atoms with Gasteiger partial charge < -0.3 is 15.0 Å². The summed E-state index contributed by atoms with van der Waals surface area (Å²) in [5.41, 5.74) is -2.95. The van der Waals surface area contributed by atoms with Crippen LogP contribution < -0.4 is 15.6 Å². The van der Waals surface area contributed by atoms with Crippen LogP contribution in [0.1, 0.15) is 15.9 Å². The molecule has 0 bridgehead atoms. The molecule has 2 rings (SSSR count). The van der Waals surface area contributed by atoms with Gasteiger partial charge in [0.1, 0.15) is 5.69 Å². The zero-order valence-corrected chi connectivity index (χ0v) is 17.2. The molecule has 2 aromatic rings. The van der Waals surface area contributed by atoms with Gasteiger partial charge in [0.15, 0.2) is 0 Å². The molecule has 0 unspecified atom stereocenters. The lowest BCUT2D eigenvalue weighted by Gasteiger charge is -2.11. The highest BCUT2D eigenvalue weighted by atomic mass is 79.9. The predicted octanol–water partition coefficient (Wildman–Crippen LogP) is 2.33. The number of methoxy groups -OCH3 is 1. The number of aromatic nitrogens is 1. The summed E-state index contributed by atoms with van der Waals surface area (Å²) in [4.78, 5) is 25.9. The van der Waals surface area contributed by atoms with Crippen molar-refractivity contribution in [1.82, 2.24) is 9.71 Å². The number of H-pyrrole nitrogens is 1. The van der Waals surface area contributed by atoms with E-state index in [4.69, 9.17) is 4.74 Å². The molecule has 158 valence electrons. The number of carbonyl (C=O) groups excluding carboxylic acids is 1. The van der Waals surface area contributed by atoms with Crippen molar-refractivity contribution in [2.24, 2.45) is 0 Å². The van der Waals surface area contributed by atoms with Crippen LogP contribution in [0.3, 0.4) is 0 Å². The maximum atomic E-state index is 12.8. The van der Waals surface area contributed by atoms with E-state index >= 15 is 0 Å². The van der Waals surface area contributed by atoms with Crippen LogP contribution in [-0.4, -0.2) is 39.6 Å². The Labute approximate surface area is 171 Å². The lowest BCUT2D eigenvalue weighted by Crippen LogP contribution is -2.27. The molecule has 0 spiro atoms. The van der Waals surface area contributed by atoms with Gasteiger partial charge in [-0.05, 0) is 40.2 Å². The fourth-order valence-electron chi connectivity index (χ4n) is 2.14. The molecule has 1 amide bonds. The highest BCUT2D eigenvalue weighted by Crippen LogP contribution is 2.29. The number of amides is 1. The number of rotatable bonds is 7. The molecule has 0 fully saturated rings. The Kier molecular flexibility index (Phi) is 7.21. The highest BCUT2D eigenvalue weighted by molar-refractivity contribution is 9.10. The van der Waals surface area contributed by atoms with Crippen molar-refractivity contribution in [3.8, 4) is 0 Å². The van der Waals surface area contributed by atoms with Gasteiger partial charge >= 0.3 is 6.18 Å². The van der Waals surface area contributed by atoms with Gasteiger partial charge in [0.05, 0.1) is 22.6 Å². The Morgan fingerprint density at radius 3 is 2.59 bits per heavy atom. The van der Waals surface area contributed by atoms with Gasteiger partial charge in [-0.1, -0.05) is 0 Å². The average Bonchev–Trinajstić information content (AvgIpc) is 2.62. The number of halogens is 4. The molecular weight excluding hydrogens is 483 g/mol. The average molecular weight is 498 g/mol. The number of nitrogens with one attached hydrogen (secondary N) is 3. The van der Waals surface area contributed by atoms with Crippen molar-refractivity contribution < 1.29 is 31.1 Å². The fourth-order valence-corrected chi connectivity index (χ4v) is 3.60. The molecule has 0 radical (unpaired) electrons. The van der Waals surface area contributed by atoms with Gasteiger partial charge in [-0.15, -0.1) is 0 Å². The van der Waals surface area contributed by atoms with Crippen LogP contribution >= 0.6 is 15.9 Å².